The Hall–Kier alpha value is -0.160. The molecule has 0 bridgehead atoms. The number of aliphatic hydroxyl groups excluding tert-OH is 2. The van der Waals surface area contributed by atoms with Gasteiger partial charge in [-0.15, -0.1) is 0 Å². The van der Waals surface area contributed by atoms with Crippen molar-refractivity contribution in [1.82, 2.24) is 5.32 Å². The van der Waals surface area contributed by atoms with Gasteiger partial charge in [0, 0.05) is 13.2 Å². The van der Waals surface area contributed by atoms with Crippen molar-refractivity contribution in [2.45, 2.75) is 57.7 Å². The highest BCUT2D eigenvalue weighted by atomic mass is 16.5. The first kappa shape index (κ1) is 15.9. The highest BCUT2D eigenvalue weighted by Crippen LogP contribution is 2.25. The Morgan fingerprint density at radius 2 is 2.17 bits per heavy atom. The Labute approximate surface area is 111 Å². The molecule has 4 nitrogen and oxygen atoms in total. The number of hydrogen-bond donors (Lipinski definition) is 3. The van der Waals surface area contributed by atoms with Crippen molar-refractivity contribution in [1.29, 1.82) is 0 Å². The summed E-state index contributed by atoms with van der Waals surface area (Å²) >= 11 is 0. The van der Waals surface area contributed by atoms with Crippen LogP contribution in [-0.2, 0) is 4.74 Å². The SMILES string of the molecule is CC1CCCC(OCC(O)CNCCCCO)C1. The monoisotopic (exact) mass is 259 g/mol. The van der Waals surface area contributed by atoms with E-state index in [1.807, 2.05) is 0 Å². The second kappa shape index (κ2) is 9.73. The summed E-state index contributed by atoms with van der Waals surface area (Å²) in [4.78, 5) is 0. The number of aliphatic hydroxyl groups is 2. The van der Waals surface area contributed by atoms with Gasteiger partial charge in [0.15, 0.2) is 0 Å². The molecule has 3 unspecified atom stereocenters. The van der Waals surface area contributed by atoms with E-state index in [2.05, 4.69) is 12.2 Å². The fraction of sp³-hybridized carbons (Fsp3) is 1.00. The molecule has 108 valence electrons. The average molecular weight is 259 g/mol. The first-order valence-electron chi connectivity index (χ1n) is 7.33. The fourth-order valence-corrected chi connectivity index (χ4v) is 2.47. The van der Waals surface area contributed by atoms with Crippen molar-refractivity contribution < 1.29 is 14.9 Å². The average Bonchev–Trinajstić information content (AvgIpc) is 2.36. The summed E-state index contributed by atoms with van der Waals surface area (Å²) in [7, 11) is 0. The summed E-state index contributed by atoms with van der Waals surface area (Å²) in [5.74, 6) is 0.762. The topological polar surface area (TPSA) is 61.7 Å². The van der Waals surface area contributed by atoms with Crippen LogP contribution in [0.1, 0.15) is 45.4 Å². The minimum absolute atomic E-state index is 0.243. The molecule has 0 amide bonds. The minimum Gasteiger partial charge on any atom is -0.396 e. The van der Waals surface area contributed by atoms with Crippen LogP contribution in [-0.4, -0.2) is 48.7 Å². The fourth-order valence-electron chi connectivity index (χ4n) is 2.47. The lowest BCUT2D eigenvalue weighted by Crippen LogP contribution is -2.33. The van der Waals surface area contributed by atoms with E-state index in [0.717, 1.165) is 38.1 Å². The third-order valence-corrected chi connectivity index (χ3v) is 3.55. The van der Waals surface area contributed by atoms with Crippen LogP contribution in [0, 0.1) is 5.92 Å². The maximum atomic E-state index is 9.77. The third kappa shape index (κ3) is 7.31. The number of ether oxygens (including phenoxy) is 1. The van der Waals surface area contributed by atoms with Gasteiger partial charge < -0.3 is 20.3 Å². The molecule has 0 saturated heterocycles. The molecule has 1 aliphatic carbocycles. The second-order valence-electron chi connectivity index (χ2n) is 5.52. The molecule has 1 saturated carbocycles. The molecule has 4 heteroatoms. The molecule has 0 aromatic heterocycles. The third-order valence-electron chi connectivity index (χ3n) is 3.55. The van der Waals surface area contributed by atoms with Crippen LogP contribution in [0.15, 0.2) is 0 Å². The van der Waals surface area contributed by atoms with Crippen LogP contribution in [0.4, 0.5) is 0 Å². The zero-order chi connectivity index (χ0) is 13.2. The molecule has 3 N–H and O–H groups in total. The molecule has 0 aliphatic heterocycles. The molecule has 0 radical (unpaired) electrons. The molecule has 3 atom stereocenters. The number of nitrogens with one attached hydrogen (secondary N) is 1. The van der Waals surface area contributed by atoms with Crippen molar-refractivity contribution >= 4 is 0 Å². The van der Waals surface area contributed by atoms with Crippen molar-refractivity contribution in [3.8, 4) is 0 Å². The van der Waals surface area contributed by atoms with Crippen LogP contribution in [0.2, 0.25) is 0 Å². The van der Waals surface area contributed by atoms with Gasteiger partial charge in [0.1, 0.15) is 0 Å². The predicted octanol–water partition coefficient (Wildman–Crippen LogP) is 1.30. The minimum atomic E-state index is -0.420. The largest absolute Gasteiger partial charge is 0.396 e. The van der Waals surface area contributed by atoms with Gasteiger partial charge in [-0.25, -0.2) is 0 Å². The van der Waals surface area contributed by atoms with Gasteiger partial charge in [-0.2, -0.15) is 0 Å². The maximum absolute atomic E-state index is 9.77. The first-order chi connectivity index (χ1) is 8.72. The molecule has 0 aromatic rings. The Morgan fingerprint density at radius 1 is 1.33 bits per heavy atom. The van der Waals surface area contributed by atoms with E-state index in [4.69, 9.17) is 9.84 Å². The molecular formula is C14H29NO3. The lowest BCUT2D eigenvalue weighted by Gasteiger charge is -2.27. The standard InChI is InChI=1S/C14H29NO3/c1-12-5-4-6-14(9-12)18-11-13(17)10-15-7-2-3-8-16/h12-17H,2-11H2,1H3. The van der Waals surface area contributed by atoms with Gasteiger partial charge in [0.25, 0.3) is 0 Å². The van der Waals surface area contributed by atoms with Crippen molar-refractivity contribution in [3.63, 3.8) is 0 Å². The lowest BCUT2D eigenvalue weighted by molar-refractivity contribution is -0.0305. The van der Waals surface area contributed by atoms with Crippen LogP contribution < -0.4 is 5.32 Å². The van der Waals surface area contributed by atoms with Gasteiger partial charge in [0.2, 0.25) is 0 Å². The first-order valence-corrected chi connectivity index (χ1v) is 7.33. The molecule has 1 rings (SSSR count). The van der Waals surface area contributed by atoms with Gasteiger partial charge in [-0.1, -0.05) is 19.8 Å². The molecule has 0 spiro atoms. The Bertz CT molecular complexity index is 201. The molecule has 18 heavy (non-hydrogen) atoms. The summed E-state index contributed by atoms with van der Waals surface area (Å²) in [6.07, 6.45) is 6.53. The molecule has 1 aliphatic rings. The van der Waals surface area contributed by atoms with Crippen LogP contribution in [0.3, 0.4) is 0 Å². The summed E-state index contributed by atoms with van der Waals surface area (Å²) < 4.78 is 5.76. The highest BCUT2D eigenvalue weighted by molar-refractivity contribution is 4.71. The van der Waals surface area contributed by atoms with Gasteiger partial charge >= 0.3 is 0 Å². The normalized spacial score (nSPS) is 26.2. The van der Waals surface area contributed by atoms with E-state index in [1.54, 1.807) is 0 Å². The van der Waals surface area contributed by atoms with E-state index in [9.17, 15) is 5.11 Å². The number of unbranched alkanes of at least 4 members (excludes halogenated alkanes) is 1. The molecular weight excluding hydrogens is 230 g/mol. The smallest absolute Gasteiger partial charge is 0.0897 e. The summed E-state index contributed by atoms with van der Waals surface area (Å²) in [5.41, 5.74) is 0. The van der Waals surface area contributed by atoms with E-state index >= 15 is 0 Å². The summed E-state index contributed by atoms with van der Waals surface area (Å²) in [5, 5.41) is 21.6. The van der Waals surface area contributed by atoms with Crippen molar-refractivity contribution in [3.05, 3.63) is 0 Å². The zero-order valence-corrected chi connectivity index (χ0v) is 11.6. The van der Waals surface area contributed by atoms with E-state index in [1.165, 1.54) is 12.8 Å². The van der Waals surface area contributed by atoms with E-state index < -0.39 is 6.10 Å². The highest BCUT2D eigenvalue weighted by Gasteiger charge is 2.20. The molecule has 1 fully saturated rings. The van der Waals surface area contributed by atoms with Gasteiger partial charge in [-0.3, -0.25) is 0 Å². The van der Waals surface area contributed by atoms with Gasteiger partial charge in [0.05, 0.1) is 18.8 Å². The second-order valence-corrected chi connectivity index (χ2v) is 5.52. The van der Waals surface area contributed by atoms with Crippen LogP contribution in [0.5, 0.6) is 0 Å². The Balaban J connectivity index is 1.97. The van der Waals surface area contributed by atoms with Gasteiger partial charge in [-0.05, 0) is 38.1 Å². The summed E-state index contributed by atoms with van der Waals surface area (Å²) in [6.45, 7) is 4.37. The van der Waals surface area contributed by atoms with Crippen molar-refractivity contribution in [2.75, 3.05) is 26.3 Å². The van der Waals surface area contributed by atoms with Crippen LogP contribution >= 0.6 is 0 Å². The Morgan fingerprint density at radius 3 is 2.89 bits per heavy atom. The van der Waals surface area contributed by atoms with Crippen molar-refractivity contribution in [2.24, 2.45) is 5.92 Å². The quantitative estimate of drug-likeness (QED) is 0.546. The summed E-state index contributed by atoms with van der Waals surface area (Å²) in [6, 6.07) is 0. The number of rotatable bonds is 9. The van der Waals surface area contributed by atoms with E-state index in [-0.39, 0.29) is 6.61 Å². The number of hydrogen-bond acceptors (Lipinski definition) is 4. The lowest BCUT2D eigenvalue weighted by atomic mass is 9.89. The maximum Gasteiger partial charge on any atom is 0.0897 e. The molecule has 0 aromatic carbocycles. The molecule has 0 heterocycles. The Kier molecular flexibility index (Phi) is 8.59. The van der Waals surface area contributed by atoms with E-state index in [0.29, 0.717) is 19.3 Å². The van der Waals surface area contributed by atoms with Crippen LogP contribution in [0.25, 0.3) is 0 Å². The zero-order valence-electron chi connectivity index (χ0n) is 11.6. The predicted molar refractivity (Wildman–Crippen MR) is 72.6 cm³/mol.